The van der Waals surface area contributed by atoms with Crippen LogP contribution in [0.3, 0.4) is 0 Å². The number of carbonyl (C=O) groups excluding carboxylic acids is 2. The summed E-state index contributed by atoms with van der Waals surface area (Å²) in [7, 11) is 3.10. The van der Waals surface area contributed by atoms with E-state index in [1.54, 1.807) is 38.3 Å². The largest absolute Gasteiger partial charge is 0.497 e. The molecule has 0 aliphatic rings. The normalized spacial score (nSPS) is 11.1. The van der Waals surface area contributed by atoms with Gasteiger partial charge in [-0.25, -0.2) is 9.78 Å². The molecular weight excluding hydrogens is 460 g/mol. The van der Waals surface area contributed by atoms with Crippen LogP contribution in [0, 0.1) is 6.92 Å². The quantitative estimate of drug-likeness (QED) is 0.312. The van der Waals surface area contributed by atoms with Gasteiger partial charge in [0.1, 0.15) is 27.9 Å². The fourth-order valence-electron chi connectivity index (χ4n) is 3.31. The predicted molar refractivity (Wildman–Crippen MR) is 130 cm³/mol. The number of amides is 1. The molecule has 2 aromatic heterocycles. The van der Waals surface area contributed by atoms with E-state index in [1.165, 1.54) is 7.11 Å². The van der Waals surface area contributed by atoms with Crippen LogP contribution in [0.2, 0.25) is 0 Å². The van der Waals surface area contributed by atoms with E-state index in [-0.39, 0.29) is 37.8 Å². The van der Waals surface area contributed by atoms with Crippen molar-refractivity contribution >= 4 is 39.1 Å². The molecule has 3 rings (SSSR count). The van der Waals surface area contributed by atoms with Gasteiger partial charge in [0.15, 0.2) is 0 Å². The number of ether oxygens (including phenoxy) is 3. The lowest BCUT2D eigenvalue weighted by Crippen LogP contribution is -2.33. The van der Waals surface area contributed by atoms with Crippen molar-refractivity contribution in [1.82, 2.24) is 14.9 Å². The van der Waals surface area contributed by atoms with Gasteiger partial charge in [-0.2, -0.15) is 0 Å². The lowest BCUT2D eigenvalue weighted by Gasteiger charge is -2.19. The molecule has 0 bridgehead atoms. The standard InChI is InChI=1S/C23H28N4O6S/c1-5-27(13-18(28)24-15-6-8-16(32-4)9-7-15)12-17-25-21(29)19-14(2)20(34-22(19)26-17)23(30)33-11-10-31-3/h6-9H,5,10-13H2,1-4H3,(H,24,28)(H,25,26,29). The number of aromatic amines is 1. The number of methoxy groups -OCH3 is 2. The molecule has 1 amide bonds. The smallest absolute Gasteiger partial charge is 0.348 e. The van der Waals surface area contributed by atoms with E-state index in [0.717, 1.165) is 11.3 Å². The second-order valence-electron chi connectivity index (χ2n) is 7.46. The number of benzene rings is 1. The van der Waals surface area contributed by atoms with Gasteiger partial charge in [0, 0.05) is 12.8 Å². The van der Waals surface area contributed by atoms with E-state index >= 15 is 0 Å². The Balaban J connectivity index is 1.71. The maximum Gasteiger partial charge on any atom is 0.348 e. The zero-order chi connectivity index (χ0) is 24.7. The first-order chi connectivity index (χ1) is 16.4. The van der Waals surface area contributed by atoms with Crippen LogP contribution < -0.4 is 15.6 Å². The van der Waals surface area contributed by atoms with Crippen LogP contribution in [0.4, 0.5) is 5.69 Å². The number of hydrogen-bond acceptors (Lipinski definition) is 9. The number of rotatable bonds is 11. The van der Waals surface area contributed by atoms with Crippen LogP contribution in [-0.2, 0) is 20.8 Å². The van der Waals surface area contributed by atoms with Gasteiger partial charge in [0.25, 0.3) is 5.56 Å². The number of likely N-dealkylation sites (N-methyl/N-ethyl adjacent to an activating group) is 1. The molecule has 2 N–H and O–H groups in total. The highest BCUT2D eigenvalue weighted by molar-refractivity contribution is 7.20. The molecule has 11 heteroatoms. The summed E-state index contributed by atoms with van der Waals surface area (Å²) < 4.78 is 15.2. The molecule has 0 saturated carbocycles. The van der Waals surface area contributed by atoms with Crippen molar-refractivity contribution in [2.75, 3.05) is 45.8 Å². The van der Waals surface area contributed by atoms with E-state index < -0.39 is 5.97 Å². The van der Waals surface area contributed by atoms with E-state index in [0.29, 0.717) is 44.5 Å². The molecule has 34 heavy (non-hydrogen) atoms. The van der Waals surface area contributed by atoms with Crippen LogP contribution in [-0.4, -0.2) is 67.3 Å². The summed E-state index contributed by atoms with van der Waals surface area (Å²) in [5, 5.41) is 3.21. The van der Waals surface area contributed by atoms with Crippen LogP contribution >= 0.6 is 11.3 Å². The molecule has 10 nitrogen and oxygen atoms in total. The van der Waals surface area contributed by atoms with Gasteiger partial charge in [-0.3, -0.25) is 14.5 Å². The molecule has 0 aliphatic carbocycles. The molecule has 0 unspecified atom stereocenters. The van der Waals surface area contributed by atoms with E-state index in [9.17, 15) is 14.4 Å². The molecule has 1 aromatic carbocycles. The molecule has 3 aromatic rings. The zero-order valence-corrected chi connectivity index (χ0v) is 20.4. The average Bonchev–Trinajstić information content (AvgIpc) is 3.15. The number of nitrogens with one attached hydrogen (secondary N) is 2. The number of nitrogens with zero attached hydrogens (tertiary/aromatic N) is 2. The molecule has 2 heterocycles. The minimum absolute atomic E-state index is 0.116. The molecule has 0 saturated heterocycles. The Hall–Kier alpha value is -3.28. The van der Waals surface area contributed by atoms with Gasteiger partial charge < -0.3 is 24.5 Å². The second-order valence-corrected chi connectivity index (χ2v) is 8.46. The third-order valence-electron chi connectivity index (χ3n) is 5.12. The number of hydrogen-bond donors (Lipinski definition) is 2. The number of anilines is 1. The van der Waals surface area contributed by atoms with Crippen LogP contribution in [0.15, 0.2) is 29.1 Å². The van der Waals surface area contributed by atoms with Crippen molar-refractivity contribution in [3.8, 4) is 5.75 Å². The van der Waals surface area contributed by atoms with Gasteiger partial charge in [0.05, 0.1) is 32.2 Å². The van der Waals surface area contributed by atoms with E-state index in [2.05, 4.69) is 15.3 Å². The maximum absolute atomic E-state index is 12.7. The highest BCUT2D eigenvalue weighted by Gasteiger charge is 2.21. The Morgan fingerprint density at radius 1 is 1.18 bits per heavy atom. The van der Waals surface area contributed by atoms with Gasteiger partial charge in [-0.15, -0.1) is 11.3 Å². The first-order valence-electron chi connectivity index (χ1n) is 10.7. The summed E-state index contributed by atoms with van der Waals surface area (Å²) in [5.41, 5.74) is 0.867. The Kier molecular flexibility index (Phi) is 8.74. The number of aromatic nitrogens is 2. The van der Waals surface area contributed by atoms with Crippen molar-refractivity contribution in [2.45, 2.75) is 20.4 Å². The molecular formula is C23H28N4O6S. The Morgan fingerprint density at radius 2 is 1.91 bits per heavy atom. The first-order valence-corrected chi connectivity index (χ1v) is 11.5. The number of carbonyl (C=O) groups is 2. The fraction of sp³-hybridized carbons (Fsp3) is 0.391. The summed E-state index contributed by atoms with van der Waals surface area (Å²) in [6.45, 7) is 4.98. The summed E-state index contributed by atoms with van der Waals surface area (Å²) in [5.74, 6) is 0.415. The molecule has 0 radical (unpaired) electrons. The predicted octanol–water partition coefficient (Wildman–Crippen LogP) is 2.57. The highest BCUT2D eigenvalue weighted by atomic mass is 32.1. The number of fused-ring (bicyclic) bond motifs is 1. The van der Waals surface area contributed by atoms with Crippen LogP contribution in [0.5, 0.6) is 5.75 Å². The number of H-pyrrole nitrogens is 1. The van der Waals surface area contributed by atoms with E-state index in [4.69, 9.17) is 14.2 Å². The average molecular weight is 489 g/mol. The lowest BCUT2D eigenvalue weighted by atomic mass is 10.2. The number of esters is 1. The third kappa shape index (κ3) is 6.19. The molecule has 0 spiro atoms. The van der Waals surface area contributed by atoms with Gasteiger partial charge >= 0.3 is 5.97 Å². The third-order valence-corrected chi connectivity index (χ3v) is 6.28. The maximum atomic E-state index is 12.7. The Morgan fingerprint density at radius 3 is 2.56 bits per heavy atom. The second kappa shape index (κ2) is 11.7. The summed E-state index contributed by atoms with van der Waals surface area (Å²) in [6.07, 6.45) is 0. The lowest BCUT2D eigenvalue weighted by molar-refractivity contribution is -0.117. The molecule has 182 valence electrons. The van der Waals surface area contributed by atoms with Crippen molar-refractivity contribution < 1.29 is 23.8 Å². The van der Waals surface area contributed by atoms with Gasteiger partial charge in [-0.1, -0.05) is 6.92 Å². The van der Waals surface area contributed by atoms with Gasteiger partial charge in [0.2, 0.25) is 5.91 Å². The fourth-order valence-corrected chi connectivity index (χ4v) is 4.41. The molecule has 0 atom stereocenters. The number of thiophene rings is 1. The Labute approximate surface area is 200 Å². The van der Waals surface area contributed by atoms with Crippen molar-refractivity contribution in [3.63, 3.8) is 0 Å². The molecule has 0 aliphatic heterocycles. The summed E-state index contributed by atoms with van der Waals surface area (Å²) in [4.78, 5) is 47.6. The highest BCUT2D eigenvalue weighted by Crippen LogP contribution is 2.27. The van der Waals surface area contributed by atoms with E-state index in [1.807, 2.05) is 11.8 Å². The van der Waals surface area contributed by atoms with Crippen molar-refractivity contribution in [3.05, 3.63) is 50.9 Å². The van der Waals surface area contributed by atoms with Crippen LogP contribution in [0.25, 0.3) is 10.2 Å². The SMILES string of the molecule is CCN(CC(=O)Nc1ccc(OC)cc1)Cc1nc2sc(C(=O)OCCOC)c(C)c2c(=O)[nH]1. The van der Waals surface area contributed by atoms with Crippen molar-refractivity contribution in [2.24, 2.45) is 0 Å². The van der Waals surface area contributed by atoms with Crippen LogP contribution in [0.1, 0.15) is 28.0 Å². The first kappa shape index (κ1) is 25.3. The number of aryl methyl sites for hydroxylation is 1. The monoisotopic (exact) mass is 488 g/mol. The minimum Gasteiger partial charge on any atom is -0.497 e. The summed E-state index contributed by atoms with van der Waals surface area (Å²) in [6, 6.07) is 7.05. The minimum atomic E-state index is -0.510. The Bertz CT molecular complexity index is 1200. The van der Waals surface area contributed by atoms with Gasteiger partial charge in [-0.05, 0) is 43.3 Å². The topological polar surface area (TPSA) is 123 Å². The summed E-state index contributed by atoms with van der Waals surface area (Å²) >= 11 is 1.12. The molecule has 0 fully saturated rings. The zero-order valence-electron chi connectivity index (χ0n) is 19.6. The van der Waals surface area contributed by atoms with Crippen molar-refractivity contribution in [1.29, 1.82) is 0 Å².